The number of hydrogen-bond donors (Lipinski definition) is 2. The minimum Gasteiger partial charge on any atom is -0.508 e. The van der Waals surface area contributed by atoms with Gasteiger partial charge in [0.25, 0.3) is 5.56 Å². The molecular weight excluding hydrogens is 366 g/mol. The average Bonchev–Trinajstić information content (AvgIpc) is 3.00. The van der Waals surface area contributed by atoms with Crippen molar-refractivity contribution in [3.63, 3.8) is 0 Å². The number of aromatic amines is 1. The second-order valence-corrected chi connectivity index (χ2v) is 9.58. The third kappa shape index (κ3) is 3.66. The third-order valence-electron chi connectivity index (χ3n) is 6.40. The van der Waals surface area contributed by atoms with Crippen LogP contribution in [0.2, 0.25) is 0 Å². The van der Waals surface area contributed by atoms with E-state index in [-0.39, 0.29) is 22.1 Å². The molecule has 6 heteroatoms. The van der Waals surface area contributed by atoms with Crippen LogP contribution in [0.1, 0.15) is 62.7 Å². The van der Waals surface area contributed by atoms with Crippen molar-refractivity contribution >= 4 is 0 Å². The normalized spacial score (nSPS) is 22.1. The van der Waals surface area contributed by atoms with Crippen molar-refractivity contribution in [3.05, 3.63) is 51.2 Å². The number of likely N-dealkylation sites (tertiary alicyclic amines) is 1. The molecule has 1 aromatic carbocycles. The Balaban J connectivity index is 1.66. The summed E-state index contributed by atoms with van der Waals surface area (Å²) >= 11 is 0. The number of benzene rings is 1. The maximum Gasteiger partial charge on any atom is 0.254 e. The van der Waals surface area contributed by atoms with Crippen LogP contribution in [0.5, 0.6) is 11.5 Å². The number of aromatic hydroxyl groups is 1. The fourth-order valence-electron chi connectivity index (χ4n) is 4.90. The highest BCUT2D eigenvalue weighted by Gasteiger charge is 2.45. The Morgan fingerprint density at radius 3 is 2.83 bits per heavy atom. The first-order chi connectivity index (χ1) is 13.7. The smallest absolute Gasteiger partial charge is 0.254 e. The molecule has 0 radical (unpaired) electrons. The van der Waals surface area contributed by atoms with Gasteiger partial charge in [0, 0.05) is 35.0 Å². The number of ether oxygens (including phenoxy) is 1. The van der Waals surface area contributed by atoms with Crippen LogP contribution in [-0.4, -0.2) is 40.2 Å². The summed E-state index contributed by atoms with van der Waals surface area (Å²) in [7, 11) is 1.66. The number of H-pyrrole nitrogens is 1. The van der Waals surface area contributed by atoms with Gasteiger partial charge in [-0.2, -0.15) is 0 Å². The standard InChI is InChI=1S/C23H31N3O3/c1-22(2,3)21-24-19-17(20(28)25-21)8-10-23(19)9-5-11-26(14-23)13-15-12-16(27)6-7-18(15)29-4/h6-7,12,27H,5,8-11,13-14H2,1-4H3,(H,24,25,28). The Morgan fingerprint density at radius 2 is 2.10 bits per heavy atom. The summed E-state index contributed by atoms with van der Waals surface area (Å²) in [6.45, 7) is 8.83. The van der Waals surface area contributed by atoms with E-state index in [0.717, 1.165) is 67.2 Å². The van der Waals surface area contributed by atoms with E-state index >= 15 is 0 Å². The monoisotopic (exact) mass is 397 g/mol. The highest BCUT2D eigenvalue weighted by atomic mass is 16.5. The Bertz CT molecular complexity index is 976. The van der Waals surface area contributed by atoms with Crippen LogP contribution < -0.4 is 10.3 Å². The number of aromatic nitrogens is 2. The van der Waals surface area contributed by atoms with E-state index in [1.54, 1.807) is 19.2 Å². The predicted octanol–water partition coefficient (Wildman–Crippen LogP) is 3.26. The molecule has 1 aromatic heterocycles. The highest BCUT2D eigenvalue weighted by Crippen LogP contribution is 2.44. The molecule has 1 unspecified atom stereocenters. The van der Waals surface area contributed by atoms with Crippen molar-refractivity contribution in [2.24, 2.45) is 0 Å². The molecule has 29 heavy (non-hydrogen) atoms. The number of fused-ring (bicyclic) bond motifs is 2. The maximum absolute atomic E-state index is 12.7. The molecular formula is C23H31N3O3. The largest absolute Gasteiger partial charge is 0.508 e. The summed E-state index contributed by atoms with van der Waals surface area (Å²) in [6.07, 6.45) is 3.90. The minimum absolute atomic E-state index is 0.0311. The Morgan fingerprint density at radius 1 is 1.31 bits per heavy atom. The van der Waals surface area contributed by atoms with Crippen LogP contribution in [0, 0.1) is 0 Å². The SMILES string of the molecule is COc1ccc(O)cc1CN1CCCC2(CCc3c2nc(C(C)(C)C)[nH]c3=O)C1. The van der Waals surface area contributed by atoms with Gasteiger partial charge in [-0.05, 0) is 50.4 Å². The number of methoxy groups -OCH3 is 1. The lowest BCUT2D eigenvalue weighted by Gasteiger charge is -2.41. The first-order valence-electron chi connectivity index (χ1n) is 10.4. The van der Waals surface area contributed by atoms with Crippen LogP contribution in [0.25, 0.3) is 0 Å². The molecule has 1 aliphatic heterocycles. The van der Waals surface area contributed by atoms with Crippen LogP contribution in [0.15, 0.2) is 23.0 Å². The molecule has 0 saturated carbocycles. The quantitative estimate of drug-likeness (QED) is 0.831. The average molecular weight is 398 g/mol. The summed E-state index contributed by atoms with van der Waals surface area (Å²) < 4.78 is 5.49. The molecule has 1 atom stereocenters. The van der Waals surface area contributed by atoms with Crippen LogP contribution >= 0.6 is 0 Å². The van der Waals surface area contributed by atoms with Gasteiger partial charge in [-0.15, -0.1) is 0 Å². The molecule has 1 aliphatic carbocycles. The molecule has 0 amide bonds. The first kappa shape index (κ1) is 20.0. The molecule has 2 aliphatic rings. The van der Waals surface area contributed by atoms with Crippen molar-refractivity contribution in [2.45, 2.75) is 63.8 Å². The van der Waals surface area contributed by atoms with E-state index < -0.39 is 0 Å². The zero-order chi connectivity index (χ0) is 20.8. The molecule has 0 bridgehead atoms. The van der Waals surface area contributed by atoms with Gasteiger partial charge >= 0.3 is 0 Å². The van der Waals surface area contributed by atoms with Gasteiger partial charge in [0.05, 0.1) is 12.8 Å². The predicted molar refractivity (Wildman–Crippen MR) is 113 cm³/mol. The molecule has 6 nitrogen and oxygen atoms in total. The van der Waals surface area contributed by atoms with E-state index in [1.807, 2.05) is 6.07 Å². The van der Waals surface area contributed by atoms with Gasteiger partial charge in [0.15, 0.2) is 0 Å². The lowest BCUT2D eigenvalue weighted by atomic mass is 9.77. The van der Waals surface area contributed by atoms with Crippen molar-refractivity contribution in [1.82, 2.24) is 14.9 Å². The van der Waals surface area contributed by atoms with Gasteiger partial charge in [0.2, 0.25) is 0 Å². The summed E-state index contributed by atoms with van der Waals surface area (Å²) in [6, 6.07) is 5.24. The number of phenols is 1. The number of phenolic OH excluding ortho intramolecular Hbond substituents is 1. The van der Waals surface area contributed by atoms with Crippen molar-refractivity contribution in [2.75, 3.05) is 20.2 Å². The van der Waals surface area contributed by atoms with Crippen LogP contribution in [0.4, 0.5) is 0 Å². The molecule has 4 rings (SSSR count). The number of piperidine rings is 1. The fourth-order valence-corrected chi connectivity index (χ4v) is 4.90. The molecule has 2 heterocycles. The van der Waals surface area contributed by atoms with E-state index in [2.05, 4.69) is 30.7 Å². The van der Waals surface area contributed by atoms with E-state index in [4.69, 9.17) is 9.72 Å². The molecule has 156 valence electrons. The van der Waals surface area contributed by atoms with Crippen molar-refractivity contribution in [3.8, 4) is 11.5 Å². The summed E-state index contributed by atoms with van der Waals surface area (Å²) in [4.78, 5) is 23.2. The van der Waals surface area contributed by atoms with Gasteiger partial charge < -0.3 is 14.8 Å². The second kappa shape index (κ2) is 7.17. The zero-order valence-electron chi connectivity index (χ0n) is 17.8. The molecule has 1 saturated heterocycles. The van der Waals surface area contributed by atoms with Gasteiger partial charge in [-0.25, -0.2) is 4.98 Å². The van der Waals surface area contributed by atoms with E-state index in [9.17, 15) is 9.90 Å². The lowest BCUT2D eigenvalue weighted by Crippen LogP contribution is -2.45. The Hall–Kier alpha value is -2.34. The fraction of sp³-hybridized carbons (Fsp3) is 0.565. The van der Waals surface area contributed by atoms with Crippen molar-refractivity contribution < 1.29 is 9.84 Å². The topological polar surface area (TPSA) is 78.5 Å². The zero-order valence-corrected chi connectivity index (χ0v) is 17.8. The van der Waals surface area contributed by atoms with Gasteiger partial charge in [0.1, 0.15) is 17.3 Å². The Kier molecular flexibility index (Phi) is 4.93. The van der Waals surface area contributed by atoms with E-state index in [0.29, 0.717) is 6.54 Å². The molecule has 1 fully saturated rings. The van der Waals surface area contributed by atoms with Crippen molar-refractivity contribution in [1.29, 1.82) is 0 Å². The highest BCUT2D eigenvalue weighted by molar-refractivity contribution is 5.40. The minimum atomic E-state index is -0.193. The number of nitrogens with zero attached hydrogens (tertiary/aromatic N) is 2. The third-order valence-corrected chi connectivity index (χ3v) is 6.40. The number of rotatable bonds is 3. The van der Waals surface area contributed by atoms with Crippen LogP contribution in [0.3, 0.4) is 0 Å². The lowest BCUT2D eigenvalue weighted by molar-refractivity contribution is 0.135. The molecule has 2 N–H and O–H groups in total. The maximum atomic E-state index is 12.7. The summed E-state index contributed by atoms with van der Waals surface area (Å²) in [5, 5.41) is 9.91. The second-order valence-electron chi connectivity index (χ2n) is 9.58. The summed E-state index contributed by atoms with van der Waals surface area (Å²) in [5.41, 5.74) is 2.64. The summed E-state index contributed by atoms with van der Waals surface area (Å²) in [5.74, 6) is 1.81. The molecule has 2 aromatic rings. The van der Waals surface area contributed by atoms with Crippen LogP contribution in [-0.2, 0) is 23.8 Å². The van der Waals surface area contributed by atoms with E-state index in [1.165, 1.54) is 0 Å². The number of nitrogens with one attached hydrogen (secondary N) is 1. The van der Waals surface area contributed by atoms with Gasteiger partial charge in [-0.3, -0.25) is 9.69 Å². The number of hydrogen-bond acceptors (Lipinski definition) is 5. The molecule has 1 spiro atoms. The first-order valence-corrected chi connectivity index (χ1v) is 10.4. The van der Waals surface area contributed by atoms with Gasteiger partial charge in [-0.1, -0.05) is 20.8 Å². The Labute approximate surface area is 171 Å².